The first kappa shape index (κ1) is 130. The fourth-order valence-electron chi connectivity index (χ4n) is 5.36. The molecule has 116 heavy (non-hydrogen) atoms. The van der Waals surface area contributed by atoms with E-state index >= 15 is 0 Å². The van der Waals surface area contributed by atoms with E-state index < -0.39 is 172 Å². The molecular weight excluding hydrogens is 1580 g/mol. The molecule has 2 rings (SSSR count). The third kappa shape index (κ3) is 87.3. The van der Waals surface area contributed by atoms with Crippen LogP contribution in [0, 0.1) is 22.2 Å². The minimum absolute atomic E-state index is 0. The SMILES string of the molecule is C.CC(=O)/C=C/C(=O)O.CC(=O)C(=O)O.CC(=O)C(C)(C)C(=O)O.CC(=O)C(C)C(=O)O.CC(=O)C(O)C(O)C(O)C(O)C(=O)O.CC(=O)C(O)CC(=O)O.CC(=O)C1(C(=O)O)CC1.CC(=O)C1(C(=O)O)CCC1.CC(=O)CCC(=O)O.CC(=O)CCCC(=O)O.CC(=O)CCCCC(=O)O.O=C(O)/C=C\C(=O)O.O=C(O)CC(=O)O. The van der Waals surface area contributed by atoms with Crippen LogP contribution < -0.4 is 0 Å². The number of aliphatic carboxylic acids is 15. The zero-order chi connectivity index (χ0) is 94.1. The zero-order valence-electron chi connectivity index (χ0n) is 65.1. The van der Waals surface area contributed by atoms with Crippen LogP contribution in [-0.2, 0) is 125 Å². The Kier molecular flexibility index (Phi) is 80.4. The summed E-state index contributed by atoms with van der Waals surface area (Å²) in [6, 6.07) is 0. The lowest BCUT2D eigenvalue weighted by Crippen LogP contribution is -2.49. The van der Waals surface area contributed by atoms with Crippen molar-refractivity contribution < 1.29 is 227 Å². The van der Waals surface area contributed by atoms with Crippen molar-refractivity contribution in [3.8, 4) is 0 Å². The number of carboxylic acid groups (broad SMARTS) is 15. The smallest absolute Gasteiger partial charge is 0.371 e. The van der Waals surface area contributed by atoms with Crippen molar-refractivity contribution in [1.29, 1.82) is 0 Å². The third-order valence-corrected chi connectivity index (χ3v) is 13.2. The van der Waals surface area contributed by atoms with Crippen LogP contribution in [0.5, 0.6) is 0 Å². The van der Waals surface area contributed by atoms with Crippen LogP contribution >= 0.6 is 0 Å². The molecular formula is C70H108O46. The molecule has 20 N–H and O–H groups in total. The van der Waals surface area contributed by atoms with Crippen LogP contribution in [0.15, 0.2) is 24.3 Å². The standard InChI is InChI=1S/C7H12O7.C7H10O3.C7H12O3.C6H8O3.2C6H10O3.C5H8O4.C5H8O3.C5H6O3.C5H8O3.C4H4O4.C3H4O4.C3H4O3.CH4/c1-2(8)3(9)4(10)5(11)6(12)7(13)14;1-5(8)7(6(9)10)3-2-4-7;1-6(8)4-2-3-5-7(9)10;1-4(7)6(2-3-6)5(8)9;1-4(7)6(2,3)5(8)9;1-5(7)3-2-4-6(8)9;1-3(6)4(7)2-5(8)9;2*1-4(6)2-3-5(7)8;1-3(4(2)6)5(7)8;5-3(6)1-2-4(7)8;4-2(5)1-3(6)7;1-2(4)3(5)6;/h3-6,9-12H,1H3,(H,13,14);2-4H2,1H3,(H,9,10);2-5H2,1H3,(H,9,10);2-3H2,1H3,(H,8,9);1-3H3,(H,8,9);2-4H2,1H3,(H,8,9);4,7H,2H2,1H3,(H,8,9);2-3H2,1H3,(H,7,8);2-3H,1H3,(H,7,8);3H,1-2H3,(H,7,8);1-2H,(H,5,6)(H,7,8);1H2,(H,4,5)(H,6,7);1H3,(H,5,6);1H4/b;;;;;;;;3-2+;;2-1-;;;. The maximum atomic E-state index is 10.8. The Hall–Kier alpha value is -12.3. The molecule has 0 aromatic heterocycles. The summed E-state index contributed by atoms with van der Waals surface area (Å²) in [5.74, 6) is -21.4. The predicted octanol–water partition coefficient (Wildman–Crippen LogP) is 1.03. The van der Waals surface area contributed by atoms with Crippen LogP contribution in [-0.4, -0.2) is 286 Å². The van der Waals surface area contributed by atoms with Gasteiger partial charge < -0.3 is 117 Å². The number of rotatable bonds is 35. The predicted molar refractivity (Wildman–Crippen MR) is 389 cm³/mol. The molecule has 0 aliphatic heterocycles. The molecule has 46 heteroatoms. The van der Waals surface area contributed by atoms with Gasteiger partial charge in [-0.2, -0.15) is 0 Å². The van der Waals surface area contributed by atoms with E-state index in [1.165, 1.54) is 76.2 Å². The molecule has 0 aromatic carbocycles. The molecule has 0 saturated heterocycles. The first-order chi connectivity index (χ1) is 51.8. The third-order valence-electron chi connectivity index (χ3n) is 13.2. The van der Waals surface area contributed by atoms with Gasteiger partial charge in [-0.1, -0.05) is 13.8 Å². The Bertz CT molecular complexity index is 3130. The average Bonchev–Trinajstić information content (AvgIpc) is 1.51. The molecule has 0 bridgehead atoms. The minimum atomic E-state index is -2.25. The summed E-state index contributed by atoms with van der Waals surface area (Å²) in [6.07, 6.45) is -2.05. The largest absolute Gasteiger partial charge is 0.481 e. The molecule has 2 fully saturated rings. The Morgan fingerprint density at radius 2 is 0.672 bits per heavy atom. The van der Waals surface area contributed by atoms with E-state index in [0.717, 1.165) is 39.3 Å². The Morgan fingerprint density at radius 1 is 0.362 bits per heavy atom. The van der Waals surface area contributed by atoms with Gasteiger partial charge in [-0.25, -0.2) is 24.0 Å². The molecule has 0 heterocycles. The first-order valence-electron chi connectivity index (χ1n) is 32.5. The van der Waals surface area contributed by atoms with E-state index in [2.05, 4.69) is 0 Å². The Morgan fingerprint density at radius 3 is 0.802 bits per heavy atom. The molecule has 2 aliphatic rings. The van der Waals surface area contributed by atoms with Crippen molar-refractivity contribution in [1.82, 2.24) is 0 Å². The number of Topliss-reactive ketones (excluding diaryl/α,β-unsaturated/α-hetero) is 10. The van der Waals surface area contributed by atoms with Crippen molar-refractivity contribution in [2.45, 2.75) is 238 Å². The highest BCUT2D eigenvalue weighted by molar-refractivity contribution is 6.31. The van der Waals surface area contributed by atoms with E-state index in [1.807, 2.05) is 0 Å². The van der Waals surface area contributed by atoms with Crippen molar-refractivity contribution in [2.75, 3.05) is 0 Å². The van der Waals surface area contributed by atoms with E-state index in [9.17, 15) is 125 Å². The molecule has 46 nitrogen and oxygen atoms in total. The van der Waals surface area contributed by atoms with E-state index in [1.54, 1.807) is 0 Å². The van der Waals surface area contributed by atoms with Crippen LogP contribution in [0.4, 0.5) is 0 Å². The molecule has 0 radical (unpaired) electrons. The molecule has 6 atom stereocenters. The molecule has 6 unspecified atom stereocenters. The van der Waals surface area contributed by atoms with Gasteiger partial charge in [-0.15, -0.1) is 0 Å². The van der Waals surface area contributed by atoms with Gasteiger partial charge >= 0.3 is 89.5 Å². The van der Waals surface area contributed by atoms with Gasteiger partial charge in [0, 0.05) is 57.3 Å². The lowest BCUT2D eigenvalue weighted by Gasteiger charge is -2.34. The van der Waals surface area contributed by atoms with Crippen molar-refractivity contribution in [2.24, 2.45) is 22.2 Å². The van der Waals surface area contributed by atoms with Crippen LogP contribution in [0.2, 0.25) is 0 Å². The number of carboxylic acids is 15. The minimum Gasteiger partial charge on any atom is -0.481 e. The van der Waals surface area contributed by atoms with E-state index in [0.29, 0.717) is 69.9 Å². The first-order valence-corrected chi connectivity index (χ1v) is 32.5. The second kappa shape index (κ2) is 71.7. The molecule has 0 aromatic rings. The molecule has 664 valence electrons. The molecule has 2 aliphatic carbocycles. The monoisotopic (exact) mass is 1680 g/mol. The number of allylic oxidation sites excluding steroid dienone is 1. The highest BCUT2D eigenvalue weighted by Crippen LogP contribution is 2.46. The van der Waals surface area contributed by atoms with Gasteiger partial charge in [0.25, 0.3) is 0 Å². The van der Waals surface area contributed by atoms with E-state index in [-0.39, 0.29) is 79.4 Å². The summed E-state index contributed by atoms with van der Waals surface area (Å²) in [4.78, 5) is 261. The zero-order valence-corrected chi connectivity index (χ0v) is 65.1. The van der Waals surface area contributed by atoms with Crippen molar-refractivity contribution in [3.05, 3.63) is 24.3 Å². The van der Waals surface area contributed by atoms with Gasteiger partial charge in [0.1, 0.15) is 93.5 Å². The van der Waals surface area contributed by atoms with Crippen molar-refractivity contribution >= 4 is 153 Å². The van der Waals surface area contributed by atoms with Crippen LogP contribution in [0.3, 0.4) is 0 Å². The normalized spacial score (nSPS) is 12.8. The lowest BCUT2D eigenvalue weighted by atomic mass is 9.66. The van der Waals surface area contributed by atoms with Gasteiger partial charge in [-0.05, 0) is 141 Å². The summed E-state index contributed by atoms with van der Waals surface area (Å²) in [7, 11) is 0. The number of hydrogen-bond acceptors (Lipinski definition) is 31. The highest BCUT2D eigenvalue weighted by atomic mass is 16.4. The number of carbonyl (C=O) groups excluding carboxylic acids is 11. The summed E-state index contributed by atoms with van der Waals surface area (Å²) in [5, 5.41) is 165. The summed E-state index contributed by atoms with van der Waals surface area (Å²) in [5.41, 5.74) is -3.19. The summed E-state index contributed by atoms with van der Waals surface area (Å²) in [6.45, 7) is 18.1. The van der Waals surface area contributed by atoms with Crippen LogP contribution in [0.25, 0.3) is 0 Å². The number of ketones is 11. The number of aliphatic hydroxyl groups excluding tert-OH is 5. The fraction of sp³-hybridized carbons (Fsp3) is 0.571. The topological polar surface area (TPSA) is 848 Å². The highest BCUT2D eigenvalue weighted by Gasteiger charge is 2.54. The van der Waals surface area contributed by atoms with Gasteiger partial charge in [0.05, 0.1) is 12.8 Å². The molecule has 0 spiro atoms. The number of hydrogen-bond donors (Lipinski definition) is 20. The summed E-state index contributed by atoms with van der Waals surface area (Å²) >= 11 is 0. The maximum Gasteiger partial charge on any atom is 0.371 e. The van der Waals surface area contributed by atoms with Gasteiger partial charge in [-0.3, -0.25) is 86.3 Å². The second-order valence-corrected chi connectivity index (χ2v) is 23.9. The Labute approximate surface area is 662 Å². The number of aliphatic hydroxyl groups is 5. The van der Waals surface area contributed by atoms with Gasteiger partial charge in [0.2, 0.25) is 5.78 Å². The van der Waals surface area contributed by atoms with Crippen molar-refractivity contribution in [3.63, 3.8) is 0 Å². The molecule has 2 saturated carbocycles. The van der Waals surface area contributed by atoms with E-state index in [4.69, 9.17) is 102 Å². The maximum absolute atomic E-state index is 10.8. The average molecular weight is 1690 g/mol. The van der Waals surface area contributed by atoms with Crippen LogP contribution in [0.1, 0.15) is 207 Å². The number of carbonyl (C=O) groups is 26. The Balaban J connectivity index is -0.000000101. The second-order valence-electron chi connectivity index (χ2n) is 23.9. The lowest BCUT2D eigenvalue weighted by molar-refractivity contribution is -0.165. The fourth-order valence-corrected chi connectivity index (χ4v) is 5.36. The summed E-state index contributed by atoms with van der Waals surface area (Å²) < 4.78 is 0. The molecule has 0 amide bonds. The van der Waals surface area contributed by atoms with Gasteiger partial charge in [0.15, 0.2) is 23.5 Å². The number of unbranched alkanes of at least 4 members (excludes halogenated alkanes) is 1. The quantitative estimate of drug-likeness (QED) is 0.0182.